The van der Waals surface area contributed by atoms with Gasteiger partial charge in [-0.1, -0.05) is 66.7 Å². The summed E-state index contributed by atoms with van der Waals surface area (Å²) in [6, 6.07) is 26.2. The summed E-state index contributed by atoms with van der Waals surface area (Å²) in [5.41, 5.74) is 11.0. The molecule has 0 atom stereocenters. The van der Waals surface area contributed by atoms with Crippen LogP contribution in [0.2, 0.25) is 0 Å². The predicted octanol–water partition coefficient (Wildman–Crippen LogP) is 5.32. The van der Waals surface area contributed by atoms with Crippen molar-refractivity contribution in [3.05, 3.63) is 102 Å². The molecule has 0 unspecified atom stereocenters. The van der Waals surface area contributed by atoms with Crippen molar-refractivity contribution in [2.45, 2.75) is 13.0 Å². The van der Waals surface area contributed by atoms with Gasteiger partial charge in [-0.25, -0.2) is 9.97 Å². The Hall–Kier alpha value is -4.06. The molecule has 0 saturated carbocycles. The minimum absolute atomic E-state index is 0.110. The van der Waals surface area contributed by atoms with Gasteiger partial charge in [0.2, 0.25) is 0 Å². The fourth-order valence-electron chi connectivity index (χ4n) is 3.44. The molecule has 6 heteroatoms. The number of aryl methyl sites for hydroxylation is 1. The molecule has 4 N–H and O–H groups in total. The van der Waals surface area contributed by atoms with Crippen molar-refractivity contribution in [1.82, 2.24) is 9.97 Å². The average Bonchev–Trinajstić information content (AvgIpc) is 2.81. The van der Waals surface area contributed by atoms with Gasteiger partial charge in [-0.2, -0.15) is 0 Å². The van der Waals surface area contributed by atoms with Crippen LogP contribution in [0, 0.1) is 6.92 Å². The van der Waals surface area contributed by atoms with E-state index in [0.717, 1.165) is 22.4 Å². The lowest BCUT2D eigenvalue weighted by atomic mass is 9.99. The van der Waals surface area contributed by atoms with Crippen LogP contribution in [0.15, 0.2) is 85.2 Å². The third-order valence-electron chi connectivity index (χ3n) is 5.04. The third-order valence-corrected chi connectivity index (χ3v) is 5.04. The number of ether oxygens (including phenoxy) is 1. The molecule has 1 heterocycles. The first-order chi connectivity index (χ1) is 15.2. The molecular weight excluding hydrogens is 386 g/mol. The van der Waals surface area contributed by atoms with Crippen LogP contribution in [-0.2, 0) is 0 Å². The summed E-state index contributed by atoms with van der Waals surface area (Å²) in [6.07, 6.45) is 1.50. The van der Waals surface area contributed by atoms with Crippen LogP contribution in [0.4, 0.5) is 23.0 Å². The lowest BCUT2D eigenvalue weighted by Gasteiger charge is -2.22. The summed E-state index contributed by atoms with van der Waals surface area (Å²) < 4.78 is 5.46. The number of hydrogen-bond donors (Lipinski definition) is 3. The van der Waals surface area contributed by atoms with Crippen molar-refractivity contribution >= 4 is 23.0 Å². The van der Waals surface area contributed by atoms with Crippen LogP contribution in [0.3, 0.4) is 0 Å². The van der Waals surface area contributed by atoms with Crippen molar-refractivity contribution in [2.75, 3.05) is 23.5 Å². The Bertz CT molecular complexity index is 1110. The quantitative estimate of drug-likeness (QED) is 0.382. The molecule has 0 saturated heterocycles. The fourth-order valence-corrected chi connectivity index (χ4v) is 3.44. The summed E-state index contributed by atoms with van der Waals surface area (Å²) in [4.78, 5) is 8.76. The number of hydrogen-bond acceptors (Lipinski definition) is 6. The highest BCUT2D eigenvalue weighted by Gasteiger charge is 2.18. The highest BCUT2D eigenvalue weighted by atomic mass is 16.5. The average molecular weight is 412 g/mol. The van der Waals surface area contributed by atoms with Gasteiger partial charge in [0.1, 0.15) is 17.8 Å². The van der Waals surface area contributed by atoms with E-state index in [1.54, 1.807) is 7.11 Å². The monoisotopic (exact) mass is 411 g/mol. The SMILES string of the molecule is COc1ccc(C)cc1Nc1ncnc(NC(c2ccccc2)c2ccccc2)c1N. The number of nitrogens with zero attached hydrogens (tertiary/aromatic N) is 2. The second-order valence-electron chi connectivity index (χ2n) is 7.21. The summed E-state index contributed by atoms with van der Waals surface area (Å²) >= 11 is 0. The van der Waals surface area contributed by atoms with E-state index in [4.69, 9.17) is 10.5 Å². The second-order valence-corrected chi connectivity index (χ2v) is 7.21. The van der Waals surface area contributed by atoms with Crippen LogP contribution < -0.4 is 21.1 Å². The van der Waals surface area contributed by atoms with Crippen LogP contribution in [-0.4, -0.2) is 17.1 Å². The maximum Gasteiger partial charge on any atom is 0.159 e. The Kier molecular flexibility index (Phi) is 5.98. The zero-order valence-corrected chi connectivity index (χ0v) is 17.5. The number of rotatable bonds is 7. The first-order valence-electron chi connectivity index (χ1n) is 10.0. The fraction of sp³-hybridized carbons (Fsp3) is 0.120. The van der Waals surface area contributed by atoms with Crippen LogP contribution in [0.1, 0.15) is 22.7 Å². The summed E-state index contributed by atoms with van der Waals surface area (Å²) in [7, 11) is 1.64. The third kappa shape index (κ3) is 4.59. The van der Waals surface area contributed by atoms with Gasteiger partial charge in [0.05, 0.1) is 18.8 Å². The van der Waals surface area contributed by atoms with E-state index in [2.05, 4.69) is 44.9 Å². The van der Waals surface area contributed by atoms with Crippen LogP contribution in [0.5, 0.6) is 5.75 Å². The molecule has 0 amide bonds. The summed E-state index contributed by atoms with van der Waals surface area (Å²) in [5, 5.41) is 6.78. The Labute approximate surface area is 182 Å². The van der Waals surface area contributed by atoms with Crippen molar-refractivity contribution in [3.63, 3.8) is 0 Å². The maximum atomic E-state index is 6.47. The molecule has 0 radical (unpaired) electrons. The zero-order valence-electron chi connectivity index (χ0n) is 17.5. The number of benzene rings is 3. The first kappa shape index (κ1) is 20.2. The lowest BCUT2D eigenvalue weighted by molar-refractivity contribution is 0.416. The molecule has 6 nitrogen and oxygen atoms in total. The second kappa shape index (κ2) is 9.17. The minimum Gasteiger partial charge on any atom is -0.495 e. The Balaban J connectivity index is 1.68. The summed E-state index contributed by atoms with van der Waals surface area (Å²) in [5.74, 6) is 1.78. The highest BCUT2D eigenvalue weighted by molar-refractivity contribution is 5.79. The predicted molar refractivity (Wildman–Crippen MR) is 126 cm³/mol. The minimum atomic E-state index is -0.110. The van der Waals surface area contributed by atoms with Crippen molar-refractivity contribution in [1.29, 1.82) is 0 Å². The number of nitrogens with two attached hydrogens (primary N) is 1. The van der Waals surface area contributed by atoms with E-state index in [-0.39, 0.29) is 6.04 Å². The van der Waals surface area contributed by atoms with Gasteiger partial charge in [-0.3, -0.25) is 0 Å². The van der Waals surface area contributed by atoms with Gasteiger partial charge in [0, 0.05) is 0 Å². The van der Waals surface area contributed by atoms with E-state index in [1.807, 2.05) is 61.5 Å². The van der Waals surface area contributed by atoms with Gasteiger partial charge in [-0.05, 0) is 35.7 Å². The molecule has 4 aromatic rings. The van der Waals surface area contributed by atoms with Crippen LogP contribution in [0.25, 0.3) is 0 Å². The smallest absolute Gasteiger partial charge is 0.159 e. The van der Waals surface area contributed by atoms with E-state index < -0.39 is 0 Å². The van der Waals surface area contributed by atoms with E-state index in [1.165, 1.54) is 6.33 Å². The maximum absolute atomic E-state index is 6.47. The highest BCUT2D eigenvalue weighted by Crippen LogP contribution is 2.34. The van der Waals surface area contributed by atoms with E-state index >= 15 is 0 Å². The number of nitrogens with one attached hydrogen (secondary N) is 2. The Morgan fingerprint density at radius 3 is 2.06 bits per heavy atom. The van der Waals surface area contributed by atoms with E-state index in [0.29, 0.717) is 23.1 Å². The van der Waals surface area contributed by atoms with Crippen molar-refractivity contribution in [2.24, 2.45) is 0 Å². The molecule has 0 aliphatic carbocycles. The number of methoxy groups -OCH3 is 1. The molecule has 0 fully saturated rings. The molecule has 0 spiro atoms. The van der Waals surface area contributed by atoms with Gasteiger partial charge in [0.25, 0.3) is 0 Å². The van der Waals surface area contributed by atoms with Crippen molar-refractivity contribution < 1.29 is 4.74 Å². The molecule has 0 aliphatic rings. The van der Waals surface area contributed by atoms with Gasteiger partial charge >= 0.3 is 0 Å². The standard InChI is InChI=1S/C25H25N5O/c1-17-13-14-21(31-2)20(15-17)29-24-22(26)25(28-16-27-24)30-23(18-9-5-3-6-10-18)19-11-7-4-8-12-19/h3-16,23H,26H2,1-2H3,(H2,27,28,29,30). The molecule has 4 rings (SSSR count). The number of nitrogen functional groups attached to an aromatic ring is 1. The van der Waals surface area contributed by atoms with Gasteiger partial charge in [0.15, 0.2) is 11.6 Å². The molecule has 31 heavy (non-hydrogen) atoms. The summed E-state index contributed by atoms with van der Waals surface area (Å²) in [6.45, 7) is 2.02. The van der Waals surface area contributed by atoms with Gasteiger partial charge in [-0.15, -0.1) is 0 Å². The lowest BCUT2D eigenvalue weighted by Crippen LogP contribution is -2.15. The zero-order chi connectivity index (χ0) is 21.6. The van der Waals surface area contributed by atoms with E-state index in [9.17, 15) is 0 Å². The van der Waals surface area contributed by atoms with Crippen molar-refractivity contribution in [3.8, 4) is 5.75 Å². The number of aromatic nitrogens is 2. The first-order valence-corrected chi connectivity index (χ1v) is 10.0. The van der Waals surface area contributed by atoms with Gasteiger partial charge < -0.3 is 21.1 Å². The normalized spacial score (nSPS) is 10.7. The van der Waals surface area contributed by atoms with Crippen LogP contribution >= 0.6 is 0 Å². The molecule has 3 aromatic carbocycles. The largest absolute Gasteiger partial charge is 0.495 e. The number of anilines is 4. The Morgan fingerprint density at radius 1 is 0.839 bits per heavy atom. The molecule has 0 aliphatic heterocycles. The Morgan fingerprint density at radius 2 is 1.45 bits per heavy atom. The topological polar surface area (TPSA) is 85.1 Å². The molecular formula is C25H25N5O. The molecule has 0 bridgehead atoms. The molecule has 156 valence electrons. The molecule has 1 aromatic heterocycles.